The van der Waals surface area contributed by atoms with Crippen molar-refractivity contribution < 1.29 is 23.1 Å². The minimum absolute atomic E-state index is 0.107. The Morgan fingerprint density at radius 3 is 2.48 bits per heavy atom. The predicted octanol–water partition coefficient (Wildman–Crippen LogP) is 3.55. The Hall–Kier alpha value is -2.18. The van der Waals surface area contributed by atoms with E-state index in [1.165, 1.54) is 6.07 Å². The fourth-order valence-corrected chi connectivity index (χ4v) is 1.97. The van der Waals surface area contributed by atoms with Crippen molar-refractivity contribution >= 4 is 16.9 Å². The Morgan fingerprint density at radius 2 is 1.95 bits per heavy atom. The second kappa shape index (κ2) is 5.31. The van der Waals surface area contributed by atoms with E-state index in [1.807, 2.05) is 13.8 Å². The van der Waals surface area contributed by atoms with Gasteiger partial charge in [-0.1, -0.05) is 13.8 Å². The number of rotatable bonds is 3. The molecule has 4 nitrogen and oxygen atoms in total. The van der Waals surface area contributed by atoms with Gasteiger partial charge in [0.05, 0.1) is 11.1 Å². The molecular weight excluding hydrogens is 285 g/mol. The van der Waals surface area contributed by atoms with E-state index in [-0.39, 0.29) is 16.8 Å². The molecule has 0 fully saturated rings. The molecule has 7 heteroatoms. The fraction of sp³-hybridized carbons (Fsp3) is 0.357. The van der Waals surface area contributed by atoms with E-state index in [9.17, 15) is 18.0 Å². The number of nitrogens with zero attached hydrogens (tertiary/aromatic N) is 2. The van der Waals surface area contributed by atoms with Crippen LogP contribution < -0.4 is 0 Å². The molecule has 1 aromatic carbocycles. The van der Waals surface area contributed by atoms with Crippen LogP contribution in [0.3, 0.4) is 0 Å². The van der Waals surface area contributed by atoms with Crippen molar-refractivity contribution in [3.05, 3.63) is 35.3 Å². The quantitative estimate of drug-likeness (QED) is 0.941. The monoisotopic (exact) mass is 298 g/mol. The number of aromatic nitrogens is 2. The number of benzene rings is 1. The van der Waals surface area contributed by atoms with E-state index < -0.39 is 23.4 Å². The molecule has 0 atom stereocenters. The Labute approximate surface area is 118 Å². The molecule has 0 aliphatic carbocycles. The number of hydrogen-bond donors (Lipinski definition) is 1. The van der Waals surface area contributed by atoms with Crippen LogP contribution in [-0.4, -0.2) is 21.0 Å². The van der Waals surface area contributed by atoms with Gasteiger partial charge in [0.1, 0.15) is 5.82 Å². The van der Waals surface area contributed by atoms with Gasteiger partial charge in [0.25, 0.3) is 0 Å². The van der Waals surface area contributed by atoms with Gasteiger partial charge in [-0.15, -0.1) is 0 Å². The summed E-state index contributed by atoms with van der Waals surface area (Å²) in [6.45, 7) is 3.83. The molecule has 0 amide bonds. The molecule has 21 heavy (non-hydrogen) atoms. The zero-order chi connectivity index (χ0) is 15.8. The van der Waals surface area contributed by atoms with Gasteiger partial charge >= 0.3 is 12.1 Å². The smallest absolute Gasteiger partial charge is 0.416 e. The highest BCUT2D eigenvalue weighted by molar-refractivity contribution is 6.00. The summed E-state index contributed by atoms with van der Waals surface area (Å²) < 4.78 is 38.1. The molecule has 112 valence electrons. The van der Waals surface area contributed by atoms with Crippen LogP contribution in [-0.2, 0) is 12.6 Å². The van der Waals surface area contributed by atoms with Crippen LogP contribution in [0.15, 0.2) is 18.2 Å². The van der Waals surface area contributed by atoms with Crippen molar-refractivity contribution in [3.8, 4) is 0 Å². The Balaban J connectivity index is 2.67. The summed E-state index contributed by atoms with van der Waals surface area (Å²) >= 11 is 0. The van der Waals surface area contributed by atoms with Gasteiger partial charge < -0.3 is 5.11 Å². The molecule has 2 rings (SSSR count). The van der Waals surface area contributed by atoms with Crippen LogP contribution in [0.25, 0.3) is 10.9 Å². The Kier molecular flexibility index (Phi) is 3.85. The maximum atomic E-state index is 12.7. The first-order valence-corrected chi connectivity index (χ1v) is 6.29. The maximum absolute atomic E-state index is 12.7. The van der Waals surface area contributed by atoms with Crippen molar-refractivity contribution in [2.45, 2.75) is 26.4 Å². The maximum Gasteiger partial charge on any atom is 0.416 e. The summed E-state index contributed by atoms with van der Waals surface area (Å²) in [7, 11) is 0. The molecule has 0 radical (unpaired) electrons. The number of carboxylic acid groups (broad SMARTS) is 1. The first-order valence-electron chi connectivity index (χ1n) is 6.29. The van der Waals surface area contributed by atoms with E-state index >= 15 is 0 Å². The van der Waals surface area contributed by atoms with Crippen molar-refractivity contribution in [3.63, 3.8) is 0 Å². The third-order valence-electron chi connectivity index (χ3n) is 2.86. The van der Waals surface area contributed by atoms with Gasteiger partial charge in [-0.25, -0.2) is 14.8 Å². The minimum atomic E-state index is -4.54. The summed E-state index contributed by atoms with van der Waals surface area (Å²) in [6.07, 6.45) is -4.09. The molecule has 2 aromatic rings. The van der Waals surface area contributed by atoms with Gasteiger partial charge in [-0.3, -0.25) is 0 Å². The SMILES string of the molecule is CC(C)Cc1nc(C(=O)O)c2cc(C(F)(F)F)ccc2n1. The number of hydrogen-bond acceptors (Lipinski definition) is 3. The summed E-state index contributed by atoms with van der Waals surface area (Å²) in [5.41, 5.74) is -1.12. The van der Waals surface area contributed by atoms with Crippen LogP contribution in [0.1, 0.15) is 35.7 Å². The lowest BCUT2D eigenvalue weighted by Gasteiger charge is -2.10. The second-order valence-corrected chi connectivity index (χ2v) is 5.12. The summed E-state index contributed by atoms with van der Waals surface area (Å²) in [6, 6.07) is 2.84. The number of halogens is 3. The lowest BCUT2D eigenvalue weighted by atomic mass is 10.1. The van der Waals surface area contributed by atoms with Crippen molar-refractivity contribution in [1.82, 2.24) is 9.97 Å². The summed E-state index contributed by atoms with van der Waals surface area (Å²) in [4.78, 5) is 19.3. The van der Waals surface area contributed by atoms with Crippen molar-refractivity contribution in [2.75, 3.05) is 0 Å². The Morgan fingerprint density at radius 1 is 1.29 bits per heavy atom. The molecule has 0 saturated heterocycles. The van der Waals surface area contributed by atoms with Gasteiger partial charge in [-0.2, -0.15) is 13.2 Å². The molecule has 0 unspecified atom stereocenters. The zero-order valence-corrected chi connectivity index (χ0v) is 11.4. The molecular formula is C14H13F3N2O2. The fourth-order valence-electron chi connectivity index (χ4n) is 1.97. The van der Waals surface area contributed by atoms with Crippen LogP contribution in [0.5, 0.6) is 0 Å². The van der Waals surface area contributed by atoms with E-state index in [0.717, 1.165) is 12.1 Å². The average molecular weight is 298 g/mol. The second-order valence-electron chi connectivity index (χ2n) is 5.12. The summed E-state index contributed by atoms with van der Waals surface area (Å²) in [5.74, 6) is -0.847. The molecule has 1 heterocycles. The highest BCUT2D eigenvalue weighted by Gasteiger charge is 2.31. The highest BCUT2D eigenvalue weighted by atomic mass is 19.4. The lowest BCUT2D eigenvalue weighted by molar-refractivity contribution is -0.137. The topological polar surface area (TPSA) is 63.1 Å². The number of aromatic carboxylic acids is 1. The van der Waals surface area contributed by atoms with Crippen molar-refractivity contribution in [2.24, 2.45) is 5.92 Å². The van der Waals surface area contributed by atoms with Crippen LogP contribution in [0.2, 0.25) is 0 Å². The van der Waals surface area contributed by atoms with Crippen LogP contribution in [0, 0.1) is 5.92 Å². The first kappa shape index (κ1) is 15.2. The van der Waals surface area contributed by atoms with E-state index in [2.05, 4.69) is 9.97 Å². The van der Waals surface area contributed by atoms with Gasteiger partial charge in [-0.05, 0) is 24.1 Å². The highest BCUT2D eigenvalue weighted by Crippen LogP contribution is 2.31. The molecule has 0 spiro atoms. The van der Waals surface area contributed by atoms with Gasteiger partial charge in [0.2, 0.25) is 0 Å². The molecule has 0 aliphatic rings. The average Bonchev–Trinajstić information content (AvgIpc) is 2.35. The zero-order valence-electron chi connectivity index (χ0n) is 11.4. The van der Waals surface area contributed by atoms with E-state index in [4.69, 9.17) is 5.11 Å². The van der Waals surface area contributed by atoms with Gasteiger partial charge in [0, 0.05) is 11.8 Å². The van der Waals surface area contributed by atoms with E-state index in [0.29, 0.717) is 12.2 Å². The predicted molar refractivity (Wildman–Crippen MR) is 70.0 cm³/mol. The van der Waals surface area contributed by atoms with E-state index in [1.54, 1.807) is 0 Å². The van der Waals surface area contributed by atoms with Gasteiger partial charge in [0.15, 0.2) is 5.69 Å². The lowest BCUT2D eigenvalue weighted by Crippen LogP contribution is -2.10. The molecule has 1 aromatic heterocycles. The third-order valence-corrected chi connectivity index (χ3v) is 2.86. The van der Waals surface area contributed by atoms with Crippen molar-refractivity contribution in [1.29, 1.82) is 0 Å². The van der Waals surface area contributed by atoms with Crippen LogP contribution >= 0.6 is 0 Å². The standard InChI is InChI=1S/C14H13F3N2O2/c1-7(2)5-11-18-10-4-3-8(14(15,16)17)6-9(10)12(19-11)13(20)21/h3-4,6-7H,5H2,1-2H3,(H,20,21). The number of alkyl halides is 3. The number of carboxylic acids is 1. The molecule has 1 N–H and O–H groups in total. The normalized spacial score (nSPS) is 12.1. The minimum Gasteiger partial charge on any atom is -0.476 e. The number of fused-ring (bicyclic) bond motifs is 1. The number of carbonyl (C=O) groups is 1. The Bertz CT molecular complexity index is 696. The summed E-state index contributed by atoms with van der Waals surface area (Å²) in [5, 5.41) is 9.06. The first-order chi connectivity index (χ1) is 9.68. The largest absolute Gasteiger partial charge is 0.476 e. The van der Waals surface area contributed by atoms with Crippen LogP contribution in [0.4, 0.5) is 13.2 Å². The molecule has 0 aliphatic heterocycles. The molecule has 0 saturated carbocycles. The third kappa shape index (κ3) is 3.29. The molecule has 0 bridgehead atoms.